The Morgan fingerprint density at radius 3 is 2.67 bits per heavy atom. The standard InChI is InChI=1S/C19H16BrF3N2O2/c20-12-6-3-9-15-17(12)25-10-4-7-13(24-18(26)19(21,22)23)16(25)11-5-1-2-8-14(11)27-15/h1-3,5-6,8-9,13,16H,4,7,10H2,(H,24,26). The Labute approximate surface area is 162 Å². The summed E-state index contributed by atoms with van der Waals surface area (Å²) in [7, 11) is 0. The zero-order valence-corrected chi connectivity index (χ0v) is 15.7. The van der Waals surface area contributed by atoms with Gasteiger partial charge in [0.25, 0.3) is 0 Å². The number of halogens is 4. The largest absolute Gasteiger partial charge is 0.471 e. The lowest BCUT2D eigenvalue weighted by Crippen LogP contribution is -2.52. The van der Waals surface area contributed by atoms with E-state index in [0.29, 0.717) is 30.9 Å². The van der Waals surface area contributed by atoms with Crippen molar-refractivity contribution in [2.45, 2.75) is 31.1 Å². The van der Waals surface area contributed by atoms with Gasteiger partial charge in [0, 0.05) is 16.6 Å². The lowest BCUT2D eigenvalue weighted by molar-refractivity contribution is -0.174. The first-order valence-corrected chi connectivity index (χ1v) is 9.35. The number of hydrogen-bond donors (Lipinski definition) is 1. The third-order valence-electron chi connectivity index (χ3n) is 4.90. The van der Waals surface area contributed by atoms with Crippen LogP contribution in [0.25, 0.3) is 0 Å². The fraction of sp³-hybridized carbons (Fsp3) is 0.316. The molecule has 2 unspecified atom stereocenters. The maximum Gasteiger partial charge on any atom is 0.471 e. The quantitative estimate of drug-likeness (QED) is 0.682. The van der Waals surface area contributed by atoms with Crippen molar-refractivity contribution < 1.29 is 22.7 Å². The zero-order chi connectivity index (χ0) is 19.2. The summed E-state index contributed by atoms with van der Waals surface area (Å²) in [5, 5.41) is 2.20. The summed E-state index contributed by atoms with van der Waals surface area (Å²) in [6.45, 7) is 0.649. The average molecular weight is 441 g/mol. The topological polar surface area (TPSA) is 41.6 Å². The number of rotatable bonds is 1. The summed E-state index contributed by atoms with van der Waals surface area (Å²) in [6, 6.07) is 11.7. The normalized spacial score (nSPS) is 21.3. The summed E-state index contributed by atoms with van der Waals surface area (Å²) >= 11 is 3.54. The molecule has 0 saturated carbocycles. The lowest BCUT2D eigenvalue weighted by Gasteiger charge is -2.42. The summed E-state index contributed by atoms with van der Waals surface area (Å²) in [5.41, 5.74) is 1.54. The van der Waals surface area contributed by atoms with Gasteiger partial charge in [-0.3, -0.25) is 4.79 Å². The van der Waals surface area contributed by atoms with Gasteiger partial charge in [-0.2, -0.15) is 13.2 Å². The molecule has 4 rings (SSSR count). The van der Waals surface area contributed by atoms with Crippen molar-refractivity contribution in [1.82, 2.24) is 5.32 Å². The first kappa shape index (κ1) is 18.2. The van der Waals surface area contributed by atoms with Crippen molar-refractivity contribution in [2.75, 3.05) is 11.4 Å². The number of hydrogen-bond acceptors (Lipinski definition) is 3. The molecule has 2 aromatic carbocycles. The van der Waals surface area contributed by atoms with Gasteiger partial charge in [-0.25, -0.2) is 0 Å². The minimum atomic E-state index is -4.92. The highest BCUT2D eigenvalue weighted by Crippen LogP contribution is 2.50. The summed E-state index contributed by atoms with van der Waals surface area (Å²) in [4.78, 5) is 13.6. The third-order valence-corrected chi connectivity index (χ3v) is 5.54. The van der Waals surface area contributed by atoms with E-state index in [0.717, 1.165) is 15.7 Å². The average Bonchev–Trinajstić information content (AvgIpc) is 2.76. The molecule has 8 heteroatoms. The predicted octanol–water partition coefficient (Wildman–Crippen LogP) is 4.94. The van der Waals surface area contributed by atoms with Crippen LogP contribution < -0.4 is 15.0 Å². The van der Waals surface area contributed by atoms with Gasteiger partial charge in [0.05, 0.1) is 17.8 Å². The van der Waals surface area contributed by atoms with Crippen molar-refractivity contribution in [1.29, 1.82) is 0 Å². The number of nitrogens with one attached hydrogen (secondary N) is 1. The number of piperidine rings is 1. The number of alkyl halides is 3. The van der Waals surface area contributed by atoms with Crippen LogP contribution in [0.2, 0.25) is 0 Å². The van der Waals surface area contributed by atoms with Crippen molar-refractivity contribution in [3.05, 3.63) is 52.5 Å². The van der Waals surface area contributed by atoms with Crippen LogP contribution in [0, 0.1) is 0 Å². The summed E-state index contributed by atoms with van der Waals surface area (Å²) in [6.07, 6.45) is -3.80. The van der Waals surface area contributed by atoms with Crippen LogP contribution in [0.5, 0.6) is 11.5 Å². The van der Waals surface area contributed by atoms with Gasteiger partial charge in [-0.1, -0.05) is 24.3 Å². The molecule has 0 aromatic heterocycles. The third kappa shape index (κ3) is 3.26. The summed E-state index contributed by atoms with van der Waals surface area (Å²) < 4.78 is 45.4. The monoisotopic (exact) mass is 440 g/mol. The smallest absolute Gasteiger partial charge is 0.455 e. The highest BCUT2D eigenvalue weighted by Gasteiger charge is 2.44. The fourth-order valence-electron chi connectivity index (χ4n) is 3.83. The molecule has 0 radical (unpaired) electrons. The van der Waals surface area contributed by atoms with Crippen molar-refractivity contribution >= 4 is 27.5 Å². The number of amides is 1. The second kappa shape index (κ2) is 6.74. The molecule has 0 spiro atoms. The molecule has 0 aliphatic carbocycles. The van der Waals surface area contributed by atoms with Crippen molar-refractivity contribution in [3.63, 3.8) is 0 Å². The van der Waals surface area contributed by atoms with E-state index in [-0.39, 0.29) is 0 Å². The van der Waals surface area contributed by atoms with Gasteiger partial charge in [0.15, 0.2) is 5.75 Å². The first-order valence-electron chi connectivity index (χ1n) is 8.56. The Morgan fingerprint density at radius 1 is 1.15 bits per heavy atom. The second-order valence-electron chi connectivity index (χ2n) is 6.58. The van der Waals surface area contributed by atoms with Gasteiger partial charge in [0.2, 0.25) is 0 Å². The molecule has 1 saturated heterocycles. The van der Waals surface area contributed by atoms with Gasteiger partial charge in [-0.05, 0) is 47.0 Å². The Kier molecular flexibility index (Phi) is 4.53. The van der Waals surface area contributed by atoms with Crippen molar-refractivity contribution in [2.24, 2.45) is 0 Å². The molecule has 1 N–H and O–H groups in total. The number of para-hydroxylation sites is 2. The van der Waals surface area contributed by atoms with E-state index < -0.39 is 24.2 Å². The minimum absolute atomic E-state index is 0.455. The molecule has 27 heavy (non-hydrogen) atoms. The summed E-state index contributed by atoms with van der Waals surface area (Å²) in [5.74, 6) is -0.705. The van der Waals surface area contributed by atoms with E-state index in [1.807, 2.05) is 41.3 Å². The van der Waals surface area contributed by atoms with Gasteiger partial charge in [0.1, 0.15) is 5.75 Å². The Morgan fingerprint density at radius 2 is 1.89 bits per heavy atom. The van der Waals surface area contributed by atoms with Crippen LogP contribution in [0.15, 0.2) is 46.9 Å². The minimum Gasteiger partial charge on any atom is -0.455 e. The van der Waals surface area contributed by atoms with E-state index in [9.17, 15) is 18.0 Å². The van der Waals surface area contributed by atoms with E-state index in [4.69, 9.17) is 4.74 Å². The van der Waals surface area contributed by atoms with Crippen LogP contribution in [-0.2, 0) is 4.79 Å². The second-order valence-corrected chi connectivity index (χ2v) is 7.44. The lowest BCUT2D eigenvalue weighted by atomic mass is 9.89. The number of ether oxygens (including phenoxy) is 1. The van der Waals surface area contributed by atoms with Crippen LogP contribution in [-0.4, -0.2) is 24.7 Å². The molecule has 1 amide bonds. The van der Waals surface area contributed by atoms with Gasteiger partial charge < -0.3 is 15.0 Å². The molecule has 2 aromatic rings. The van der Waals surface area contributed by atoms with Crippen LogP contribution >= 0.6 is 15.9 Å². The van der Waals surface area contributed by atoms with Gasteiger partial charge >= 0.3 is 12.1 Å². The molecule has 142 valence electrons. The number of carbonyl (C=O) groups is 1. The molecule has 2 atom stereocenters. The molecular weight excluding hydrogens is 425 g/mol. The number of carbonyl (C=O) groups excluding carboxylic acids is 1. The molecular formula is C19H16BrF3N2O2. The van der Waals surface area contributed by atoms with E-state index in [1.54, 1.807) is 6.07 Å². The van der Waals surface area contributed by atoms with E-state index in [2.05, 4.69) is 21.2 Å². The molecule has 4 nitrogen and oxygen atoms in total. The first-order chi connectivity index (χ1) is 12.9. The van der Waals surface area contributed by atoms with Gasteiger partial charge in [-0.15, -0.1) is 0 Å². The number of fused-ring (bicyclic) bond motifs is 5. The van der Waals surface area contributed by atoms with E-state index in [1.165, 1.54) is 0 Å². The molecule has 2 heterocycles. The zero-order valence-electron chi connectivity index (χ0n) is 14.1. The SMILES string of the molecule is O=C(NC1CCCN2c3c(Br)cccc3Oc3ccccc3C12)C(F)(F)F. The highest BCUT2D eigenvalue weighted by molar-refractivity contribution is 9.10. The Balaban J connectivity index is 1.83. The number of benzene rings is 2. The fourth-order valence-corrected chi connectivity index (χ4v) is 4.40. The van der Waals surface area contributed by atoms with Crippen LogP contribution in [0.3, 0.4) is 0 Å². The number of nitrogens with zero attached hydrogens (tertiary/aromatic N) is 1. The molecule has 2 aliphatic heterocycles. The van der Waals surface area contributed by atoms with E-state index >= 15 is 0 Å². The van der Waals surface area contributed by atoms with Crippen LogP contribution in [0.4, 0.5) is 18.9 Å². The van der Waals surface area contributed by atoms with Crippen molar-refractivity contribution in [3.8, 4) is 11.5 Å². The predicted molar refractivity (Wildman–Crippen MR) is 98.0 cm³/mol. The van der Waals surface area contributed by atoms with Crippen LogP contribution in [0.1, 0.15) is 24.4 Å². The highest BCUT2D eigenvalue weighted by atomic mass is 79.9. The maximum atomic E-state index is 12.8. The molecule has 1 fully saturated rings. The molecule has 2 aliphatic rings. The number of anilines is 1. The molecule has 0 bridgehead atoms. The Bertz CT molecular complexity index is 887. The maximum absolute atomic E-state index is 12.8. The Hall–Kier alpha value is -2.22.